The maximum atomic E-state index is 11.8. The number of aromatic nitrogens is 1. The highest BCUT2D eigenvalue weighted by molar-refractivity contribution is 7.13. The number of nitrogens with one attached hydrogen (secondary N) is 1. The Morgan fingerprint density at radius 1 is 1.39 bits per heavy atom. The van der Waals surface area contributed by atoms with Crippen LogP contribution in [-0.2, 0) is 11.2 Å². The Balaban J connectivity index is 1.78. The Hall–Kier alpha value is -2.14. The molecule has 4 nitrogen and oxygen atoms in total. The van der Waals surface area contributed by atoms with Crippen LogP contribution in [0.5, 0.6) is 0 Å². The van der Waals surface area contributed by atoms with Gasteiger partial charge in [-0.15, -0.1) is 11.3 Å². The third kappa shape index (κ3) is 2.12. The molecule has 0 atom stereocenters. The average molecular weight is 258 g/mol. The molecule has 5 heteroatoms. The van der Waals surface area contributed by atoms with Gasteiger partial charge in [0.05, 0.1) is 12.7 Å². The van der Waals surface area contributed by atoms with Crippen LogP contribution < -0.4 is 5.32 Å². The molecule has 0 saturated heterocycles. The van der Waals surface area contributed by atoms with Gasteiger partial charge in [-0.05, 0) is 6.07 Å². The fourth-order valence-corrected chi connectivity index (χ4v) is 2.34. The molecule has 2 aromatic heterocycles. The molecule has 1 aromatic carbocycles. The van der Waals surface area contributed by atoms with Gasteiger partial charge in [0.1, 0.15) is 5.58 Å². The van der Waals surface area contributed by atoms with Crippen molar-refractivity contribution >= 4 is 33.3 Å². The van der Waals surface area contributed by atoms with E-state index >= 15 is 0 Å². The van der Waals surface area contributed by atoms with Gasteiger partial charge in [0.25, 0.3) is 0 Å². The molecule has 1 N–H and O–H groups in total. The molecule has 1 amide bonds. The zero-order chi connectivity index (χ0) is 12.4. The number of nitrogens with zero attached hydrogens (tertiary/aromatic N) is 1. The number of benzene rings is 1. The Kier molecular flexibility index (Phi) is 2.82. The summed E-state index contributed by atoms with van der Waals surface area (Å²) in [5.41, 5.74) is 1.69. The lowest BCUT2D eigenvalue weighted by Gasteiger charge is -1.99. The van der Waals surface area contributed by atoms with Gasteiger partial charge in [0.2, 0.25) is 5.91 Å². The van der Waals surface area contributed by atoms with E-state index in [1.807, 2.05) is 29.6 Å². The minimum absolute atomic E-state index is 0.0866. The number of thiazole rings is 1. The molecule has 0 saturated carbocycles. The summed E-state index contributed by atoms with van der Waals surface area (Å²) in [5.74, 6) is -0.0866. The predicted molar refractivity (Wildman–Crippen MR) is 70.7 cm³/mol. The Bertz CT molecular complexity index is 673. The summed E-state index contributed by atoms with van der Waals surface area (Å²) in [6, 6.07) is 7.67. The van der Waals surface area contributed by atoms with Gasteiger partial charge < -0.3 is 9.73 Å². The first-order valence-corrected chi connectivity index (χ1v) is 6.35. The third-order valence-electron chi connectivity index (χ3n) is 2.59. The van der Waals surface area contributed by atoms with Crippen molar-refractivity contribution in [1.29, 1.82) is 0 Å². The summed E-state index contributed by atoms with van der Waals surface area (Å²) < 4.78 is 5.39. The number of carbonyl (C=O) groups excluding carboxylic acids is 1. The summed E-state index contributed by atoms with van der Waals surface area (Å²) in [5, 5.41) is 6.17. The van der Waals surface area contributed by atoms with E-state index in [4.69, 9.17) is 4.42 Å². The predicted octanol–water partition coefficient (Wildman–Crippen LogP) is 3.07. The first-order valence-electron chi connectivity index (χ1n) is 5.47. The van der Waals surface area contributed by atoms with Crippen LogP contribution in [-0.4, -0.2) is 10.9 Å². The normalized spacial score (nSPS) is 10.7. The molecule has 0 spiro atoms. The van der Waals surface area contributed by atoms with Crippen LogP contribution >= 0.6 is 11.3 Å². The highest BCUT2D eigenvalue weighted by Crippen LogP contribution is 2.21. The number of hydrogen-bond donors (Lipinski definition) is 1. The first-order chi connectivity index (χ1) is 8.83. The van der Waals surface area contributed by atoms with Crippen molar-refractivity contribution in [3.8, 4) is 0 Å². The Morgan fingerprint density at radius 2 is 2.28 bits per heavy atom. The molecule has 0 fully saturated rings. The van der Waals surface area contributed by atoms with E-state index in [1.54, 1.807) is 12.5 Å². The van der Waals surface area contributed by atoms with Gasteiger partial charge in [0.15, 0.2) is 5.13 Å². The molecule has 2 heterocycles. The Morgan fingerprint density at radius 3 is 3.11 bits per heavy atom. The summed E-state index contributed by atoms with van der Waals surface area (Å²) in [4.78, 5) is 15.8. The van der Waals surface area contributed by atoms with Crippen LogP contribution in [0.15, 0.2) is 46.5 Å². The van der Waals surface area contributed by atoms with Crippen molar-refractivity contribution in [3.63, 3.8) is 0 Å². The van der Waals surface area contributed by atoms with Crippen molar-refractivity contribution in [2.75, 3.05) is 5.32 Å². The van der Waals surface area contributed by atoms with Crippen LogP contribution in [0, 0.1) is 0 Å². The summed E-state index contributed by atoms with van der Waals surface area (Å²) >= 11 is 1.40. The van der Waals surface area contributed by atoms with Crippen LogP contribution in [0.25, 0.3) is 11.0 Å². The molecular formula is C13H10N2O2S. The quantitative estimate of drug-likeness (QED) is 0.785. The highest BCUT2D eigenvalue weighted by atomic mass is 32.1. The largest absolute Gasteiger partial charge is 0.464 e. The molecule has 3 rings (SSSR count). The number of carbonyl (C=O) groups is 1. The maximum Gasteiger partial charge on any atom is 0.230 e. The van der Waals surface area contributed by atoms with Crippen molar-refractivity contribution in [3.05, 3.63) is 47.7 Å². The van der Waals surface area contributed by atoms with Crippen molar-refractivity contribution < 1.29 is 9.21 Å². The molecule has 18 heavy (non-hydrogen) atoms. The first kappa shape index (κ1) is 11.0. The number of para-hydroxylation sites is 1. The number of anilines is 1. The van der Waals surface area contributed by atoms with Gasteiger partial charge in [-0.1, -0.05) is 18.2 Å². The zero-order valence-electron chi connectivity index (χ0n) is 9.42. The second-order valence-electron chi connectivity index (χ2n) is 3.82. The third-order valence-corrected chi connectivity index (χ3v) is 3.28. The fraction of sp³-hybridized carbons (Fsp3) is 0.0769. The number of furan rings is 1. The van der Waals surface area contributed by atoms with Crippen LogP contribution in [0.3, 0.4) is 0 Å². The SMILES string of the molecule is O=C(Cc1coc2ccccc12)Nc1nccs1. The van der Waals surface area contributed by atoms with Crippen molar-refractivity contribution in [1.82, 2.24) is 4.98 Å². The van der Waals surface area contributed by atoms with E-state index in [9.17, 15) is 4.79 Å². The van der Waals surface area contributed by atoms with Crippen molar-refractivity contribution in [2.24, 2.45) is 0 Å². The van der Waals surface area contributed by atoms with Gasteiger partial charge >= 0.3 is 0 Å². The summed E-state index contributed by atoms with van der Waals surface area (Å²) in [6.07, 6.45) is 3.58. The molecule has 3 aromatic rings. The molecule has 0 aliphatic heterocycles. The van der Waals surface area contributed by atoms with Crippen LogP contribution in [0.1, 0.15) is 5.56 Å². The molecule has 0 aliphatic carbocycles. The smallest absolute Gasteiger partial charge is 0.230 e. The molecular weight excluding hydrogens is 248 g/mol. The van der Waals surface area contributed by atoms with E-state index in [0.717, 1.165) is 16.5 Å². The highest BCUT2D eigenvalue weighted by Gasteiger charge is 2.10. The molecule has 0 unspecified atom stereocenters. The van der Waals surface area contributed by atoms with Gasteiger partial charge in [-0.3, -0.25) is 4.79 Å². The zero-order valence-corrected chi connectivity index (χ0v) is 10.2. The lowest BCUT2D eigenvalue weighted by atomic mass is 10.1. The summed E-state index contributed by atoms with van der Waals surface area (Å²) in [6.45, 7) is 0. The summed E-state index contributed by atoms with van der Waals surface area (Å²) in [7, 11) is 0. The van der Waals surface area contributed by atoms with Gasteiger partial charge in [0, 0.05) is 22.5 Å². The van der Waals surface area contributed by atoms with Crippen LogP contribution in [0.4, 0.5) is 5.13 Å². The van der Waals surface area contributed by atoms with E-state index < -0.39 is 0 Å². The van der Waals surface area contributed by atoms with Gasteiger partial charge in [-0.2, -0.15) is 0 Å². The topological polar surface area (TPSA) is 55.1 Å². The molecule has 90 valence electrons. The number of fused-ring (bicyclic) bond motifs is 1. The minimum atomic E-state index is -0.0866. The Labute approximate surface area is 107 Å². The standard InChI is InChI=1S/C13H10N2O2S/c16-12(15-13-14-5-6-18-13)7-9-8-17-11-4-2-1-3-10(9)11/h1-6,8H,7H2,(H,14,15,16). The van der Waals surface area contributed by atoms with Crippen molar-refractivity contribution in [2.45, 2.75) is 6.42 Å². The average Bonchev–Trinajstić information content (AvgIpc) is 3.00. The van der Waals surface area contributed by atoms with Gasteiger partial charge in [-0.25, -0.2) is 4.98 Å². The van der Waals surface area contributed by atoms with E-state index in [-0.39, 0.29) is 12.3 Å². The maximum absolute atomic E-state index is 11.8. The van der Waals surface area contributed by atoms with Crippen LogP contribution in [0.2, 0.25) is 0 Å². The van der Waals surface area contributed by atoms with E-state index in [0.29, 0.717) is 5.13 Å². The lowest BCUT2D eigenvalue weighted by molar-refractivity contribution is -0.115. The molecule has 0 aliphatic rings. The monoisotopic (exact) mass is 258 g/mol. The van der Waals surface area contributed by atoms with E-state index in [1.165, 1.54) is 11.3 Å². The second kappa shape index (κ2) is 4.62. The fourth-order valence-electron chi connectivity index (χ4n) is 1.79. The second-order valence-corrected chi connectivity index (χ2v) is 4.71. The number of hydrogen-bond acceptors (Lipinski definition) is 4. The lowest BCUT2D eigenvalue weighted by Crippen LogP contribution is -2.13. The molecule has 0 radical (unpaired) electrons. The number of amides is 1. The molecule has 0 bridgehead atoms. The number of rotatable bonds is 3. The van der Waals surface area contributed by atoms with E-state index in [2.05, 4.69) is 10.3 Å². The minimum Gasteiger partial charge on any atom is -0.464 e.